The molecule has 2 rings (SSSR count). The second-order valence-electron chi connectivity index (χ2n) is 4.13. The van der Waals surface area contributed by atoms with E-state index in [1.807, 2.05) is 0 Å². The van der Waals surface area contributed by atoms with Crippen molar-refractivity contribution < 1.29 is 9.18 Å². The zero-order valence-corrected chi connectivity index (χ0v) is 9.03. The normalized spacial score (nSPS) is 22.0. The molecule has 1 aromatic rings. The van der Waals surface area contributed by atoms with Gasteiger partial charge in [0, 0.05) is 24.7 Å². The van der Waals surface area contributed by atoms with E-state index in [1.165, 1.54) is 12.1 Å². The van der Waals surface area contributed by atoms with Crippen LogP contribution in [0.5, 0.6) is 0 Å². The maximum Gasteiger partial charge on any atom is 0.227 e. The molecular weight excluding hydrogens is 207 g/mol. The Morgan fingerprint density at radius 1 is 1.31 bits per heavy atom. The van der Waals surface area contributed by atoms with Gasteiger partial charge in [-0.05, 0) is 37.1 Å². The number of nitrogens with two attached hydrogens (primary N) is 1. The first-order valence-corrected chi connectivity index (χ1v) is 5.48. The molecule has 1 fully saturated rings. The van der Waals surface area contributed by atoms with Crippen LogP contribution in [0.3, 0.4) is 0 Å². The fourth-order valence-electron chi connectivity index (χ4n) is 1.95. The standard InChI is InChI=1S/C12H15FN2O/c13-9-4-6-11(7-5-9)15-8-10(14)2-1-3-12(15)16/h4-7,10H,1-3,8,14H2. The summed E-state index contributed by atoms with van der Waals surface area (Å²) >= 11 is 0. The summed E-state index contributed by atoms with van der Waals surface area (Å²) in [5, 5.41) is 0. The Balaban J connectivity index is 2.23. The van der Waals surface area contributed by atoms with Gasteiger partial charge in [0.1, 0.15) is 5.82 Å². The van der Waals surface area contributed by atoms with Crippen molar-refractivity contribution in [1.82, 2.24) is 0 Å². The van der Waals surface area contributed by atoms with Gasteiger partial charge in [0.05, 0.1) is 0 Å². The first-order valence-electron chi connectivity index (χ1n) is 5.48. The molecule has 1 aliphatic heterocycles. The highest BCUT2D eigenvalue weighted by Crippen LogP contribution is 2.20. The average molecular weight is 222 g/mol. The largest absolute Gasteiger partial charge is 0.326 e. The number of hydrogen-bond acceptors (Lipinski definition) is 2. The molecule has 1 unspecified atom stereocenters. The lowest BCUT2D eigenvalue weighted by molar-refractivity contribution is -0.118. The second kappa shape index (κ2) is 4.61. The summed E-state index contributed by atoms with van der Waals surface area (Å²) in [6, 6.07) is 5.96. The summed E-state index contributed by atoms with van der Waals surface area (Å²) in [6.45, 7) is 0.518. The monoisotopic (exact) mass is 222 g/mol. The summed E-state index contributed by atoms with van der Waals surface area (Å²) in [4.78, 5) is 13.5. The van der Waals surface area contributed by atoms with E-state index in [-0.39, 0.29) is 17.8 Å². The summed E-state index contributed by atoms with van der Waals surface area (Å²) < 4.78 is 12.8. The smallest absolute Gasteiger partial charge is 0.227 e. The summed E-state index contributed by atoms with van der Waals surface area (Å²) in [6.07, 6.45) is 2.21. The maximum absolute atomic E-state index is 12.8. The molecule has 0 spiro atoms. The first-order chi connectivity index (χ1) is 7.66. The fraction of sp³-hybridized carbons (Fsp3) is 0.417. The van der Waals surface area contributed by atoms with Gasteiger partial charge in [0.15, 0.2) is 0 Å². The summed E-state index contributed by atoms with van der Waals surface area (Å²) in [5.41, 5.74) is 6.61. The van der Waals surface area contributed by atoms with E-state index < -0.39 is 0 Å². The Morgan fingerprint density at radius 2 is 2.00 bits per heavy atom. The molecule has 4 heteroatoms. The topological polar surface area (TPSA) is 46.3 Å². The highest BCUT2D eigenvalue weighted by atomic mass is 19.1. The van der Waals surface area contributed by atoms with Crippen LogP contribution < -0.4 is 10.6 Å². The van der Waals surface area contributed by atoms with Crippen molar-refractivity contribution in [3.63, 3.8) is 0 Å². The molecule has 86 valence electrons. The average Bonchev–Trinajstić information content (AvgIpc) is 2.42. The number of nitrogens with zero attached hydrogens (tertiary/aromatic N) is 1. The lowest BCUT2D eigenvalue weighted by atomic mass is 10.1. The maximum atomic E-state index is 12.8. The molecule has 1 aromatic carbocycles. The zero-order chi connectivity index (χ0) is 11.5. The van der Waals surface area contributed by atoms with Crippen molar-refractivity contribution in [3.8, 4) is 0 Å². The lowest BCUT2D eigenvalue weighted by Crippen LogP contribution is -2.38. The minimum absolute atomic E-state index is 0.0107. The molecule has 0 aromatic heterocycles. The van der Waals surface area contributed by atoms with Crippen LogP contribution in [-0.2, 0) is 4.79 Å². The number of amides is 1. The van der Waals surface area contributed by atoms with E-state index in [0.29, 0.717) is 13.0 Å². The van der Waals surface area contributed by atoms with Crippen LogP contribution in [0.15, 0.2) is 24.3 Å². The van der Waals surface area contributed by atoms with E-state index in [0.717, 1.165) is 18.5 Å². The molecule has 1 heterocycles. The predicted molar refractivity (Wildman–Crippen MR) is 60.6 cm³/mol. The molecule has 1 amide bonds. The number of halogens is 1. The van der Waals surface area contributed by atoms with Crippen LogP contribution in [0.4, 0.5) is 10.1 Å². The van der Waals surface area contributed by atoms with Crippen molar-refractivity contribution in [3.05, 3.63) is 30.1 Å². The number of anilines is 1. The van der Waals surface area contributed by atoms with Crippen LogP contribution >= 0.6 is 0 Å². The predicted octanol–water partition coefficient (Wildman–Crippen LogP) is 1.67. The first kappa shape index (κ1) is 11.1. The molecule has 0 radical (unpaired) electrons. The van der Waals surface area contributed by atoms with Crippen LogP contribution in [-0.4, -0.2) is 18.5 Å². The number of rotatable bonds is 1. The van der Waals surface area contributed by atoms with Gasteiger partial charge in [-0.25, -0.2) is 4.39 Å². The quantitative estimate of drug-likeness (QED) is 0.785. The second-order valence-corrected chi connectivity index (χ2v) is 4.13. The third-order valence-corrected chi connectivity index (χ3v) is 2.82. The Bertz CT molecular complexity index is 377. The molecule has 0 bridgehead atoms. The van der Waals surface area contributed by atoms with Crippen molar-refractivity contribution in [2.24, 2.45) is 5.73 Å². The van der Waals surface area contributed by atoms with E-state index in [1.54, 1.807) is 17.0 Å². The number of carbonyl (C=O) groups excluding carboxylic acids is 1. The number of carbonyl (C=O) groups is 1. The van der Waals surface area contributed by atoms with E-state index >= 15 is 0 Å². The number of hydrogen-bond donors (Lipinski definition) is 1. The molecule has 3 nitrogen and oxygen atoms in total. The van der Waals surface area contributed by atoms with Crippen LogP contribution in [0.2, 0.25) is 0 Å². The molecule has 16 heavy (non-hydrogen) atoms. The SMILES string of the molecule is NC1CCCC(=O)N(c2ccc(F)cc2)C1. The fourth-order valence-corrected chi connectivity index (χ4v) is 1.95. The Morgan fingerprint density at radius 3 is 2.69 bits per heavy atom. The molecular formula is C12H15FN2O. The van der Waals surface area contributed by atoms with Crippen molar-refractivity contribution in [1.29, 1.82) is 0 Å². The third kappa shape index (κ3) is 2.39. The number of benzene rings is 1. The van der Waals surface area contributed by atoms with Gasteiger partial charge >= 0.3 is 0 Å². The molecule has 1 saturated heterocycles. The van der Waals surface area contributed by atoms with Gasteiger partial charge in [-0.1, -0.05) is 0 Å². The molecule has 1 atom stereocenters. The van der Waals surface area contributed by atoms with Gasteiger partial charge in [0.25, 0.3) is 0 Å². The highest BCUT2D eigenvalue weighted by molar-refractivity contribution is 5.93. The molecule has 1 aliphatic rings. The van der Waals surface area contributed by atoms with Gasteiger partial charge in [0.2, 0.25) is 5.91 Å². The van der Waals surface area contributed by atoms with Crippen molar-refractivity contribution in [2.45, 2.75) is 25.3 Å². The van der Waals surface area contributed by atoms with Gasteiger partial charge in [-0.3, -0.25) is 4.79 Å². The molecule has 2 N–H and O–H groups in total. The third-order valence-electron chi connectivity index (χ3n) is 2.82. The minimum Gasteiger partial charge on any atom is -0.326 e. The Labute approximate surface area is 94.0 Å². The van der Waals surface area contributed by atoms with Gasteiger partial charge in [-0.2, -0.15) is 0 Å². The van der Waals surface area contributed by atoms with E-state index in [9.17, 15) is 9.18 Å². The van der Waals surface area contributed by atoms with Crippen molar-refractivity contribution >= 4 is 11.6 Å². The Kier molecular flexibility index (Phi) is 3.19. The summed E-state index contributed by atoms with van der Waals surface area (Å²) in [5.74, 6) is -0.227. The van der Waals surface area contributed by atoms with Crippen LogP contribution in [0.25, 0.3) is 0 Å². The minimum atomic E-state index is -0.296. The van der Waals surface area contributed by atoms with E-state index in [4.69, 9.17) is 5.73 Å². The molecule has 0 aliphatic carbocycles. The lowest BCUT2D eigenvalue weighted by Gasteiger charge is -2.22. The van der Waals surface area contributed by atoms with Crippen molar-refractivity contribution in [2.75, 3.05) is 11.4 Å². The Hall–Kier alpha value is -1.42. The van der Waals surface area contributed by atoms with Crippen LogP contribution in [0, 0.1) is 5.82 Å². The molecule has 0 saturated carbocycles. The van der Waals surface area contributed by atoms with Gasteiger partial charge in [-0.15, -0.1) is 0 Å². The van der Waals surface area contributed by atoms with E-state index in [2.05, 4.69) is 0 Å². The van der Waals surface area contributed by atoms with Crippen LogP contribution in [0.1, 0.15) is 19.3 Å². The summed E-state index contributed by atoms with van der Waals surface area (Å²) in [7, 11) is 0. The van der Waals surface area contributed by atoms with Gasteiger partial charge < -0.3 is 10.6 Å². The zero-order valence-electron chi connectivity index (χ0n) is 9.03. The highest BCUT2D eigenvalue weighted by Gasteiger charge is 2.22.